The molecule has 3 rings (SSSR count). The molecule has 2 aliphatic heterocycles. The Morgan fingerprint density at radius 1 is 1.15 bits per heavy atom. The first-order valence-corrected chi connectivity index (χ1v) is 7.35. The number of hydrogen-bond donors (Lipinski definition) is 1. The van der Waals surface area contributed by atoms with Crippen molar-refractivity contribution in [2.75, 3.05) is 46.4 Å². The fraction of sp³-hybridized carbons (Fsp3) is 0.571. The molecule has 1 fully saturated rings. The molecule has 0 atom stereocenters. The molecule has 5 nitrogen and oxygen atoms in total. The van der Waals surface area contributed by atoms with Crippen LogP contribution in [0.4, 0.5) is 0 Å². The van der Waals surface area contributed by atoms with Gasteiger partial charge in [0.2, 0.25) is 0 Å². The number of benzene rings is 1. The first-order chi connectivity index (χ1) is 9.72. The number of nitrogens with one attached hydrogen (secondary N) is 1. The third-order valence-electron chi connectivity index (χ3n) is 3.67. The molecular formula is C14H20ClN3O2. The maximum absolute atomic E-state index is 6.23. The number of hydrazine groups is 1. The Kier molecular flexibility index (Phi) is 4.31. The van der Waals surface area contributed by atoms with Crippen LogP contribution < -0.4 is 14.9 Å². The molecule has 0 amide bonds. The highest BCUT2D eigenvalue weighted by atomic mass is 35.5. The van der Waals surface area contributed by atoms with Crippen LogP contribution in [0.15, 0.2) is 12.1 Å². The average Bonchev–Trinajstić information content (AvgIpc) is 2.47. The summed E-state index contributed by atoms with van der Waals surface area (Å²) < 4.78 is 11.1. The van der Waals surface area contributed by atoms with Gasteiger partial charge < -0.3 is 14.4 Å². The van der Waals surface area contributed by atoms with Crippen molar-refractivity contribution < 1.29 is 9.47 Å². The minimum Gasteiger partial charge on any atom is -0.486 e. The summed E-state index contributed by atoms with van der Waals surface area (Å²) in [6.45, 7) is 6.15. The van der Waals surface area contributed by atoms with E-state index in [-0.39, 0.29) is 0 Å². The molecule has 110 valence electrons. The Balaban J connectivity index is 1.61. The highest BCUT2D eigenvalue weighted by molar-refractivity contribution is 6.32. The molecule has 0 aliphatic carbocycles. The lowest BCUT2D eigenvalue weighted by Crippen LogP contribution is -2.50. The van der Waals surface area contributed by atoms with Crippen LogP contribution in [0.2, 0.25) is 5.02 Å². The summed E-state index contributed by atoms with van der Waals surface area (Å²) in [5.74, 6) is 1.42. The molecule has 20 heavy (non-hydrogen) atoms. The summed E-state index contributed by atoms with van der Waals surface area (Å²) in [5.41, 5.74) is 4.55. The van der Waals surface area contributed by atoms with Crippen LogP contribution in [0, 0.1) is 0 Å². The Morgan fingerprint density at radius 3 is 2.70 bits per heavy atom. The van der Waals surface area contributed by atoms with Gasteiger partial charge in [0.05, 0.1) is 5.02 Å². The number of hydrogen-bond acceptors (Lipinski definition) is 5. The summed E-state index contributed by atoms with van der Waals surface area (Å²) in [4.78, 5) is 2.33. The van der Waals surface area contributed by atoms with E-state index in [0.29, 0.717) is 24.0 Å². The molecule has 2 aliphatic rings. The minimum atomic E-state index is 0.561. The predicted molar refractivity (Wildman–Crippen MR) is 78.4 cm³/mol. The second-order valence-corrected chi connectivity index (χ2v) is 5.63. The summed E-state index contributed by atoms with van der Waals surface area (Å²) in [6.07, 6.45) is 0. The van der Waals surface area contributed by atoms with Gasteiger partial charge in [-0.2, -0.15) is 0 Å². The molecular weight excluding hydrogens is 278 g/mol. The standard InChI is InChI=1S/C14H20ClN3O2/c1-17-2-4-18(5-3-17)16-10-11-8-12(15)14-13(9-11)19-6-7-20-14/h8-9,16H,2-7,10H2,1H3. The van der Waals surface area contributed by atoms with Gasteiger partial charge in [0.1, 0.15) is 13.2 Å². The van der Waals surface area contributed by atoms with Gasteiger partial charge >= 0.3 is 0 Å². The van der Waals surface area contributed by atoms with E-state index in [1.165, 1.54) is 0 Å². The van der Waals surface area contributed by atoms with Crippen LogP contribution in [0.25, 0.3) is 0 Å². The van der Waals surface area contributed by atoms with Gasteiger partial charge in [-0.05, 0) is 24.7 Å². The van der Waals surface area contributed by atoms with Gasteiger partial charge in [-0.25, -0.2) is 5.01 Å². The molecule has 0 unspecified atom stereocenters. The molecule has 1 aromatic carbocycles. The number of piperazine rings is 1. The number of nitrogens with zero attached hydrogens (tertiary/aromatic N) is 2. The Hall–Kier alpha value is -1.01. The van der Waals surface area contributed by atoms with E-state index >= 15 is 0 Å². The molecule has 0 saturated carbocycles. The van der Waals surface area contributed by atoms with Crippen molar-refractivity contribution >= 4 is 11.6 Å². The number of fused-ring (bicyclic) bond motifs is 1. The Bertz CT molecular complexity index is 476. The van der Waals surface area contributed by atoms with Gasteiger partial charge in [0.25, 0.3) is 0 Å². The highest BCUT2D eigenvalue weighted by Gasteiger charge is 2.17. The lowest BCUT2D eigenvalue weighted by Gasteiger charge is -2.32. The molecule has 2 heterocycles. The van der Waals surface area contributed by atoms with E-state index in [4.69, 9.17) is 21.1 Å². The van der Waals surface area contributed by atoms with E-state index < -0.39 is 0 Å². The molecule has 1 aromatic rings. The van der Waals surface area contributed by atoms with Gasteiger partial charge in [-0.15, -0.1) is 0 Å². The fourth-order valence-electron chi connectivity index (χ4n) is 2.43. The summed E-state index contributed by atoms with van der Waals surface area (Å²) in [5, 5.41) is 2.88. The van der Waals surface area contributed by atoms with Gasteiger partial charge in [0.15, 0.2) is 11.5 Å². The van der Waals surface area contributed by atoms with Crippen molar-refractivity contribution in [3.8, 4) is 11.5 Å². The first-order valence-electron chi connectivity index (χ1n) is 6.97. The SMILES string of the molecule is CN1CCN(NCc2cc(Cl)c3c(c2)OCCO3)CC1. The van der Waals surface area contributed by atoms with E-state index in [2.05, 4.69) is 22.4 Å². The predicted octanol–water partition coefficient (Wildman–Crippen LogP) is 1.36. The molecule has 1 saturated heterocycles. The quantitative estimate of drug-likeness (QED) is 0.912. The average molecular weight is 298 g/mol. The zero-order valence-electron chi connectivity index (χ0n) is 11.7. The van der Waals surface area contributed by atoms with Crippen molar-refractivity contribution in [3.63, 3.8) is 0 Å². The fourth-order valence-corrected chi connectivity index (χ4v) is 2.72. The first kappa shape index (κ1) is 13.9. The van der Waals surface area contributed by atoms with E-state index in [0.717, 1.165) is 44.0 Å². The number of ether oxygens (including phenoxy) is 2. The van der Waals surface area contributed by atoms with E-state index in [9.17, 15) is 0 Å². The molecule has 0 radical (unpaired) electrons. The molecule has 0 aromatic heterocycles. The maximum atomic E-state index is 6.23. The molecule has 0 spiro atoms. The van der Waals surface area contributed by atoms with Gasteiger partial charge in [-0.1, -0.05) is 11.6 Å². The monoisotopic (exact) mass is 297 g/mol. The smallest absolute Gasteiger partial charge is 0.179 e. The van der Waals surface area contributed by atoms with Crippen molar-refractivity contribution in [1.82, 2.24) is 15.3 Å². The van der Waals surface area contributed by atoms with Crippen molar-refractivity contribution in [2.24, 2.45) is 0 Å². The van der Waals surface area contributed by atoms with Crippen LogP contribution in [0.3, 0.4) is 0 Å². The van der Waals surface area contributed by atoms with Gasteiger partial charge in [0, 0.05) is 32.7 Å². The molecule has 6 heteroatoms. The highest BCUT2D eigenvalue weighted by Crippen LogP contribution is 2.38. The number of likely N-dealkylation sites (N-methyl/N-ethyl adjacent to an activating group) is 1. The third-order valence-corrected chi connectivity index (χ3v) is 3.95. The second-order valence-electron chi connectivity index (χ2n) is 5.23. The lowest BCUT2D eigenvalue weighted by molar-refractivity contribution is 0.102. The number of halogens is 1. The normalized spacial score (nSPS) is 20.1. The van der Waals surface area contributed by atoms with Crippen molar-refractivity contribution in [2.45, 2.75) is 6.54 Å². The summed E-state index contributed by atoms with van der Waals surface area (Å²) in [7, 11) is 2.15. The van der Waals surface area contributed by atoms with Crippen LogP contribution in [0.1, 0.15) is 5.56 Å². The molecule has 1 N–H and O–H groups in total. The Labute approximate surface area is 124 Å². The summed E-state index contributed by atoms with van der Waals surface area (Å²) >= 11 is 6.23. The van der Waals surface area contributed by atoms with Crippen LogP contribution in [-0.4, -0.2) is 56.3 Å². The van der Waals surface area contributed by atoms with Crippen LogP contribution >= 0.6 is 11.6 Å². The summed E-state index contributed by atoms with van der Waals surface area (Å²) in [6, 6.07) is 3.95. The Morgan fingerprint density at radius 2 is 1.90 bits per heavy atom. The zero-order chi connectivity index (χ0) is 13.9. The zero-order valence-corrected chi connectivity index (χ0v) is 12.4. The van der Waals surface area contributed by atoms with Crippen molar-refractivity contribution in [3.05, 3.63) is 22.7 Å². The largest absolute Gasteiger partial charge is 0.486 e. The van der Waals surface area contributed by atoms with Gasteiger partial charge in [-0.3, -0.25) is 5.43 Å². The molecule has 0 bridgehead atoms. The lowest BCUT2D eigenvalue weighted by atomic mass is 10.2. The van der Waals surface area contributed by atoms with Crippen LogP contribution in [-0.2, 0) is 6.54 Å². The van der Waals surface area contributed by atoms with Crippen molar-refractivity contribution in [1.29, 1.82) is 0 Å². The topological polar surface area (TPSA) is 37.0 Å². The number of rotatable bonds is 3. The maximum Gasteiger partial charge on any atom is 0.179 e. The minimum absolute atomic E-state index is 0.561. The van der Waals surface area contributed by atoms with Crippen LogP contribution in [0.5, 0.6) is 11.5 Å². The second kappa shape index (κ2) is 6.18. The van der Waals surface area contributed by atoms with E-state index in [1.54, 1.807) is 0 Å². The van der Waals surface area contributed by atoms with E-state index in [1.807, 2.05) is 12.1 Å². The third kappa shape index (κ3) is 3.17.